The van der Waals surface area contributed by atoms with Crippen LogP contribution in [0.4, 0.5) is 5.69 Å². The lowest BCUT2D eigenvalue weighted by Crippen LogP contribution is -2.27. The lowest BCUT2D eigenvalue weighted by Gasteiger charge is -2.14. The van der Waals surface area contributed by atoms with Gasteiger partial charge in [0.05, 0.1) is 17.3 Å². The highest BCUT2D eigenvalue weighted by Crippen LogP contribution is 2.30. The van der Waals surface area contributed by atoms with E-state index in [1.807, 2.05) is 6.92 Å². The van der Waals surface area contributed by atoms with E-state index >= 15 is 0 Å². The first-order valence-corrected chi connectivity index (χ1v) is 7.04. The molecule has 1 fully saturated rings. The van der Waals surface area contributed by atoms with Crippen LogP contribution < -0.4 is 10.9 Å². The van der Waals surface area contributed by atoms with Crippen LogP contribution in [0, 0.1) is 5.92 Å². The number of anilines is 1. The molecule has 2 N–H and O–H groups in total. The number of imidazole rings is 1. The van der Waals surface area contributed by atoms with E-state index in [-0.39, 0.29) is 11.6 Å². The van der Waals surface area contributed by atoms with E-state index in [1.54, 1.807) is 12.4 Å². The minimum absolute atomic E-state index is 0.132. The van der Waals surface area contributed by atoms with Crippen LogP contribution in [-0.2, 0) is 6.54 Å². The lowest BCUT2D eigenvalue weighted by molar-refractivity contribution is 0.534. The smallest absolute Gasteiger partial charge is 0.291 e. The molecular weight excluding hydrogens is 278 g/mol. The lowest BCUT2D eigenvalue weighted by atomic mass is 10.3. The number of nitrogens with one attached hydrogen (secondary N) is 2. The topological polar surface area (TPSA) is 75.6 Å². The van der Waals surface area contributed by atoms with E-state index in [4.69, 9.17) is 11.6 Å². The minimum Gasteiger partial charge on any atom is -0.370 e. The molecule has 0 saturated heterocycles. The summed E-state index contributed by atoms with van der Waals surface area (Å²) in [6, 6.07) is -0.132. The van der Waals surface area contributed by atoms with Gasteiger partial charge >= 0.3 is 0 Å². The number of aromatic amines is 1. The number of aromatic nitrogens is 4. The molecule has 7 heteroatoms. The Morgan fingerprint density at radius 1 is 1.60 bits per heavy atom. The molecule has 2 aromatic rings. The first-order valence-electron chi connectivity index (χ1n) is 6.66. The number of hydrogen-bond donors (Lipinski definition) is 2. The van der Waals surface area contributed by atoms with E-state index in [1.165, 1.54) is 23.7 Å². The summed E-state index contributed by atoms with van der Waals surface area (Å²) < 4.78 is 1.49. The third-order valence-corrected chi connectivity index (χ3v) is 3.70. The Morgan fingerprint density at radius 2 is 2.40 bits per heavy atom. The largest absolute Gasteiger partial charge is 0.370 e. The van der Waals surface area contributed by atoms with Crippen molar-refractivity contribution >= 4 is 17.3 Å². The molecule has 106 valence electrons. The molecular formula is C13H16ClN5O. The molecule has 1 aliphatic rings. The molecule has 1 saturated carbocycles. The van der Waals surface area contributed by atoms with Crippen molar-refractivity contribution in [3.63, 3.8) is 0 Å². The van der Waals surface area contributed by atoms with Gasteiger partial charge in [-0.2, -0.15) is 5.10 Å². The summed E-state index contributed by atoms with van der Waals surface area (Å²) in [5, 5.41) is 7.55. The van der Waals surface area contributed by atoms with Gasteiger partial charge in [0, 0.05) is 18.9 Å². The second kappa shape index (κ2) is 5.28. The number of nitrogens with zero attached hydrogens (tertiary/aromatic N) is 3. The molecule has 20 heavy (non-hydrogen) atoms. The SMILES string of the molecule is CC(Nc1c(Cl)cnn(CC2CC2)c1=O)c1ncc[nH]1. The number of H-pyrrole nitrogens is 1. The summed E-state index contributed by atoms with van der Waals surface area (Å²) >= 11 is 6.09. The second-order valence-electron chi connectivity index (χ2n) is 5.14. The molecule has 1 atom stereocenters. The zero-order valence-corrected chi connectivity index (χ0v) is 11.9. The van der Waals surface area contributed by atoms with E-state index in [9.17, 15) is 4.79 Å². The highest BCUT2D eigenvalue weighted by molar-refractivity contribution is 6.33. The summed E-state index contributed by atoms with van der Waals surface area (Å²) in [4.78, 5) is 19.6. The average Bonchev–Trinajstić information content (AvgIpc) is 3.07. The van der Waals surface area contributed by atoms with Gasteiger partial charge < -0.3 is 10.3 Å². The van der Waals surface area contributed by atoms with Crippen molar-refractivity contribution in [1.82, 2.24) is 19.7 Å². The summed E-state index contributed by atoms with van der Waals surface area (Å²) in [5.74, 6) is 1.34. The van der Waals surface area contributed by atoms with Crippen LogP contribution in [0.1, 0.15) is 31.6 Å². The van der Waals surface area contributed by atoms with Gasteiger partial charge in [0.1, 0.15) is 11.5 Å². The van der Waals surface area contributed by atoms with Crippen LogP contribution in [0.2, 0.25) is 5.02 Å². The first-order chi connectivity index (χ1) is 9.65. The van der Waals surface area contributed by atoms with Crippen molar-refractivity contribution in [3.05, 3.63) is 39.8 Å². The first kappa shape index (κ1) is 13.2. The van der Waals surface area contributed by atoms with Crippen molar-refractivity contribution in [2.75, 3.05) is 5.32 Å². The van der Waals surface area contributed by atoms with Gasteiger partial charge in [-0.3, -0.25) is 4.79 Å². The molecule has 0 amide bonds. The summed E-state index contributed by atoms with van der Waals surface area (Å²) in [7, 11) is 0. The molecule has 3 rings (SSSR count). The fraction of sp³-hybridized carbons (Fsp3) is 0.462. The highest BCUT2D eigenvalue weighted by Gasteiger charge is 2.24. The van der Waals surface area contributed by atoms with Gasteiger partial charge in [0.2, 0.25) is 0 Å². The van der Waals surface area contributed by atoms with E-state index in [0.717, 1.165) is 5.82 Å². The molecule has 0 bridgehead atoms. The Morgan fingerprint density at radius 3 is 3.05 bits per heavy atom. The normalized spacial score (nSPS) is 16.1. The van der Waals surface area contributed by atoms with Gasteiger partial charge in [-0.15, -0.1) is 0 Å². The molecule has 0 aromatic carbocycles. The van der Waals surface area contributed by atoms with Gasteiger partial charge in [0.15, 0.2) is 0 Å². The van der Waals surface area contributed by atoms with Crippen LogP contribution in [0.3, 0.4) is 0 Å². The standard InChI is InChI=1S/C13H16ClN5O/c1-8(12-15-4-5-16-12)18-11-10(14)6-17-19(13(11)20)7-9-2-3-9/h4-6,8-9,18H,2-3,7H2,1H3,(H,15,16). The minimum atomic E-state index is -0.178. The number of rotatable bonds is 5. The molecule has 0 radical (unpaired) electrons. The fourth-order valence-electron chi connectivity index (χ4n) is 2.07. The van der Waals surface area contributed by atoms with Crippen LogP contribution in [0.15, 0.2) is 23.4 Å². The van der Waals surface area contributed by atoms with E-state index < -0.39 is 0 Å². The molecule has 2 aromatic heterocycles. The fourth-order valence-corrected chi connectivity index (χ4v) is 2.25. The second-order valence-corrected chi connectivity index (χ2v) is 5.55. The van der Waals surface area contributed by atoms with Crippen molar-refractivity contribution in [2.45, 2.75) is 32.4 Å². The van der Waals surface area contributed by atoms with Crippen molar-refractivity contribution in [1.29, 1.82) is 0 Å². The van der Waals surface area contributed by atoms with Gasteiger partial charge in [-0.05, 0) is 25.7 Å². The Hall–Kier alpha value is -1.82. The quantitative estimate of drug-likeness (QED) is 0.886. The maximum Gasteiger partial charge on any atom is 0.291 e. The summed E-state index contributed by atoms with van der Waals surface area (Å²) in [6.07, 6.45) is 7.27. The van der Waals surface area contributed by atoms with Gasteiger partial charge in [-0.1, -0.05) is 11.6 Å². The van der Waals surface area contributed by atoms with Crippen LogP contribution in [-0.4, -0.2) is 19.7 Å². The average molecular weight is 294 g/mol. The molecule has 6 nitrogen and oxygen atoms in total. The van der Waals surface area contributed by atoms with Crippen molar-refractivity contribution in [2.24, 2.45) is 5.92 Å². The zero-order chi connectivity index (χ0) is 14.1. The molecule has 0 spiro atoms. The Bertz CT molecular complexity index is 647. The molecule has 2 heterocycles. The third-order valence-electron chi connectivity index (χ3n) is 3.42. The number of hydrogen-bond acceptors (Lipinski definition) is 4. The molecule has 0 aliphatic heterocycles. The van der Waals surface area contributed by atoms with Crippen LogP contribution in [0.5, 0.6) is 0 Å². The maximum atomic E-state index is 12.4. The third kappa shape index (κ3) is 2.70. The van der Waals surface area contributed by atoms with Crippen molar-refractivity contribution in [3.8, 4) is 0 Å². The summed E-state index contributed by atoms with van der Waals surface area (Å²) in [6.45, 7) is 2.58. The van der Waals surface area contributed by atoms with Crippen LogP contribution in [0.25, 0.3) is 0 Å². The van der Waals surface area contributed by atoms with Crippen molar-refractivity contribution < 1.29 is 0 Å². The monoisotopic (exact) mass is 293 g/mol. The Balaban J connectivity index is 1.85. The maximum absolute atomic E-state index is 12.4. The zero-order valence-electron chi connectivity index (χ0n) is 11.1. The molecule has 1 unspecified atom stereocenters. The summed E-state index contributed by atoms with van der Waals surface area (Å²) in [5.41, 5.74) is 0.203. The Kier molecular flexibility index (Phi) is 3.48. The number of halogens is 1. The van der Waals surface area contributed by atoms with Gasteiger partial charge in [0.25, 0.3) is 5.56 Å². The highest BCUT2D eigenvalue weighted by atomic mass is 35.5. The van der Waals surface area contributed by atoms with E-state index in [0.29, 0.717) is 23.2 Å². The molecule has 1 aliphatic carbocycles. The predicted octanol–water partition coefficient (Wildman–Crippen LogP) is 2.20. The Labute approximate surface area is 121 Å². The predicted molar refractivity (Wildman–Crippen MR) is 76.9 cm³/mol. The van der Waals surface area contributed by atoms with Crippen LogP contribution >= 0.6 is 11.6 Å². The van der Waals surface area contributed by atoms with E-state index in [2.05, 4.69) is 20.4 Å². The van der Waals surface area contributed by atoms with Gasteiger partial charge in [-0.25, -0.2) is 9.67 Å².